The normalized spacial score (nSPS) is 13.5. The number of rotatable bonds is 7. The number of carbonyl (C=O) groups is 1. The summed E-state index contributed by atoms with van der Waals surface area (Å²) >= 11 is 0. The van der Waals surface area contributed by atoms with E-state index in [1.54, 1.807) is 36.3 Å². The van der Waals surface area contributed by atoms with E-state index in [9.17, 15) is 9.59 Å². The molecule has 7 heteroatoms. The van der Waals surface area contributed by atoms with Crippen LogP contribution in [0.15, 0.2) is 78.7 Å². The Balaban J connectivity index is 1.48. The first-order valence-electron chi connectivity index (χ1n) is 10.5. The molecule has 0 aromatic heterocycles. The van der Waals surface area contributed by atoms with Crippen molar-refractivity contribution in [3.63, 3.8) is 0 Å². The number of nitrogens with one attached hydrogen (secondary N) is 3. The van der Waals surface area contributed by atoms with E-state index >= 15 is 0 Å². The first-order valence-corrected chi connectivity index (χ1v) is 10.5. The molecule has 0 saturated carbocycles. The molecule has 7 nitrogen and oxygen atoms in total. The Hall–Kier alpha value is -4.37. The lowest BCUT2D eigenvalue weighted by Crippen LogP contribution is -2.35. The highest BCUT2D eigenvalue weighted by molar-refractivity contribution is 5.96. The van der Waals surface area contributed by atoms with Gasteiger partial charge in [0.25, 0.3) is 5.88 Å². The SMILES string of the molecule is CC(CNC(C(=O)Nc1ccc2c(c1)OC(=C=O)N2)c1ccccc1)c1ccc(C#N)cc1. The molecule has 0 saturated heterocycles. The molecule has 1 aliphatic rings. The Morgan fingerprint density at radius 1 is 1.06 bits per heavy atom. The van der Waals surface area contributed by atoms with Crippen LogP contribution in [0.2, 0.25) is 0 Å². The van der Waals surface area contributed by atoms with Gasteiger partial charge in [0.05, 0.1) is 17.3 Å². The van der Waals surface area contributed by atoms with Crippen LogP contribution < -0.4 is 20.7 Å². The van der Waals surface area contributed by atoms with Crippen molar-refractivity contribution >= 4 is 23.2 Å². The molecule has 1 aliphatic heterocycles. The van der Waals surface area contributed by atoms with Crippen molar-refractivity contribution in [3.8, 4) is 11.8 Å². The standard InChI is InChI=1S/C26H22N4O3/c1-17(19-9-7-18(14-27)8-10-19)15-28-25(20-5-3-2-4-6-20)26(32)29-21-11-12-22-23(13-21)33-24(16-31)30-22/h2-13,17,25,28,30H,15H2,1H3,(H,29,32). The summed E-state index contributed by atoms with van der Waals surface area (Å²) in [7, 11) is 0. The summed E-state index contributed by atoms with van der Waals surface area (Å²) in [5, 5.41) is 18.1. The van der Waals surface area contributed by atoms with Gasteiger partial charge in [-0.05, 0) is 41.3 Å². The maximum absolute atomic E-state index is 13.2. The van der Waals surface area contributed by atoms with Crippen LogP contribution in [0.3, 0.4) is 0 Å². The lowest BCUT2D eigenvalue weighted by molar-refractivity contribution is -0.118. The topological polar surface area (TPSA) is 103 Å². The average molecular weight is 438 g/mol. The number of nitrogens with zero attached hydrogens (tertiary/aromatic N) is 1. The molecule has 1 heterocycles. The van der Waals surface area contributed by atoms with Gasteiger partial charge in [-0.15, -0.1) is 0 Å². The fraction of sp³-hybridized carbons (Fsp3) is 0.154. The fourth-order valence-electron chi connectivity index (χ4n) is 3.61. The van der Waals surface area contributed by atoms with Gasteiger partial charge in [-0.1, -0.05) is 49.4 Å². The van der Waals surface area contributed by atoms with Gasteiger partial charge < -0.3 is 20.7 Å². The van der Waals surface area contributed by atoms with E-state index in [0.717, 1.165) is 11.1 Å². The highest BCUT2D eigenvalue weighted by atomic mass is 16.5. The van der Waals surface area contributed by atoms with Gasteiger partial charge in [0.15, 0.2) is 11.7 Å². The van der Waals surface area contributed by atoms with Crippen molar-refractivity contribution in [2.24, 2.45) is 0 Å². The van der Waals surface area contributed by atoms with Crippen molar-refractivity contribution in [1.82, 2.24) is 5.32 Å². The summed E-state index contributed by atoms with van der Waals surface area (Å²) in [5.41, 5.74) is 3.73. The average Bonchev–Trinajstić information content (AvgIpc) is 3.27. The third kappa shape index (κ3) is 5.10. The third-order valence-corrected chi connectivity index (χ3v) is 5.43. The lowest BCUT2D eigenvalue weighted by Gasteiger charge is -2.22. The number of hydrogen-bond donors (Lipinski definition) is 3. The minimum Gasteiger partial charge on any atom is -0.429 e. The number of amides is 1. The maximum atomic E-state index is 13.2. The van der Waals surface area contributed by atoms with Crippen molar-refractivity contribution in [3.05, 3.63) is 95.4 Å². The van der Waals surface area contributed by atoms with Gasteiger partial charge in [-0.3, -0.25) is 4.79 Å². The Labute approximate surface area is 191 Å². The zero-order valence-corrected chi connectivity index (χ0v) is 18.0. The molecule has 4 rings (SSSR count). The van der Waals surface area contributed by atoms with Gasteiger partial charge >= 0.3 is 0 Å². The second-order valence-corrected chi connectivity index (χ2v) is 7.75. The highest BCUT2D eigenvalue weighted by Crippen LogP contribution is 2.35. The second-order valence-electron chi connectivity index (χ2n) is 7.75. The minimum absolute atomic E-state index is 0.00547. The maximum Gasteiger partial charge on any atom is 0.285 e. The zero-order chi connectivity index (χ0) is 23.2. The van der Waals surface area contributed by atoms with Crippen LogP contribution >= 0.6 is 0 Å². The smallest absolute Gasteiger partial charge is 0.285 e. The molecule has 0 spiro atoms. The molecular weight excluding hydrogens is 416 g/mol. The Morgan fingerprint density at radius 3 is 2.52 bits per heavy atom. The van der Waals surface area contributed by atoms with Crippen molar-refractivity contribution < 1.29 is 14.3 Å². The summed E-state index contributed by atoms with van der Waals surface area (Å²) < 4.78 is 5.36. The Morgan fingerprint density at radius 2 is 1.82 bits per heavy atom. The molecule has 0 aliphatic carbocycles. The second kappa shape index (κ2) is 9.84. The third-order valence-electron chi connectivity index (χ3n) is 5.43. The highest BCUT2D eigenvalue weighted by Gasteiger charge is 2.23. The van der Waals surface area contributed by atoms with Crippen LogP contribution in [0.4, 0.5) is 11.4 Å². The van der Waals surface area contributed by atoms with E-state index in [4.69, 9.17) is 10.00 Å². The van der Waals surface area contributed by atoms with Crippen LogP contribution in [0, 0.1) is 11.3 Å². The van der Waals surface area contributed by atoms with E-state index < -0.39 is 6.04 Å². The molecule has 3 N–H and O–H groups in total. The molecule has 0 fully saturated rings. The van der Waals surface area contributed by atoms with E-state index in [1.807, 2.05) is 42.5 Å². The summed E-state index contributed by atoms with van der Waals surface area (Å²) in [6.45, 7) is 2.63. The molecule has 3 aromatic rings. The van der Waals surface area contributed by atoms with E-state index in [1.165, 1.54) is 0 Å². The molecule has 3 aromatic carbocycles. The molecule has 2 unspecified atom stereocenters. The van der Waals surface area contributed by atoms with Crippen LogP contribution in [0.25, 0.3) is 0 Å². The number of benzene rings is 3. The first kappa shape index (κ1) is 21.8. The quantitative estimate of drug-likeness (QED) is 0.480. The summed E-state index contributed by atoms with van der Waals surface area (Å²) in [6.07, 6.45) is 0. The van der Waals surface area contributed by atoms with Crippen LogP contribution in [0.1, 0.15) is 35.6 Å². The van der Waals surface area contributed by atoms with E-state index in [2.05, 4.69) is 28.9 Å². The van der Waals surface area contributed by atoms with Gasteiger partial charge in [0, 0.05) is 18.3 Å². The molecule has 0 radical (unpaired) electrons. The van der Waals surface area contributed by atoms with E-state index in [0.29, 0.717) is 29.2 Å². The van der Waals surface area contributed by atoms with Gasteiger partial charge in [0.1, 0.15) is 6.04 Å². The predicted octanol–water partition coefficient (Wildman–Crippen LogP) is 4.11. The number of hydrogen-bond acceptors (Lipinski definition) is 6. The molecular formula is C26H22N4O3. The largest absolute Gasteiger partial charge is 0.429 e. The predicted molar refractivity (Wildman–Crippen MR) is 125 cm³/mol. The number of fused-ring (bicyclic) bond motifs is 1. The molecule has 33 heavy (non-hydrogen) atoms. The van der Waals surface area contributed by atoms with Gasteiger partial charge in [-0.2, -0.15) is 5.26 Å². The van der Waals surface area contributed by atoms with Crippen molar-refractivity contribution in [2.75, 3.05) is 17.2 Å². The molecule has 0 bridgehead atoms. The van der Waals surface area contributed by atoms with Crippen molar-refractivity contribution in [1.29, 1.82) is 5.26 Å². The summed E-state index contributed by atoms with van der Waals surface area (Å²) in [4.78, 5) is 24.0. The lowest BCUT2D eigenvalue weighted by atomic mass is 9.98. The van der Waals surface area contributed by atoms with Gasteiger partial charge in [0.2, 0.25) is 5.91 Å². The number of nitriles is 1. The van der Waals surface area contributed by atoms with Crippen LogP contribution in [-0.4, -0.2) is 18.4 Å². The summed E-state index contributed by atoms with van der Waals surface area (Å²) in [6, 6.07) is 23.6. The van der Waals surface area contributed by atoms with Gasteiger partial charge in [-0.25, -0.2) is 4.79 Å². The van der Waals surface area contributed by atoms with Crippen LogP contribution in [0.5, 0.6) is 5.75 Å². The molecule has 1 amide bonds. The van der Waals surface area contributed by atoms with Crippen molar-refractivity contribution in [2.45, 2.75) is 18.9 Å². The molecule has 2 atom stereocenters. The number of carbonyl (C=O) groups excluding carboxylic acids is 2. The first-order chi connectivity index (χ1) is 16.1. The monoisotopic (exact) mass is 438 g/mol. The Bertz CT molecular complexity index is 1240. The Kier molecular flexibility index (Phi) is 6.51. The minimum atomic E-state index is -0.579. The molecule has 164 valence electrons. The number of ether oxygens (including phenoxy) is 1. The number of anilines is 2. The van der Waals surface area contributed by atoms with E-state index in [-0.39, 0.29) is 17.7 Å². The van der Waals surface area contributed by atoms with Crippen LogP contribution in [-0.2, 0) is 9.59 Å². The zero-order valence-electron chi connectivity index (χ0n) is 18.0. The summed E-state index contributed by atoms with van der Waals surface area (Å²) in [5.74, 6) is 2.03. The fourth-order valence-corrected chi connectivity index (χ4v) is 3.61.